The van der Waals surface area contributed by atoms with Crippen molar-refractivity contribution in [2.45, 2.75) is 20.4 Å². The maximum atomic E-state index is 11.9. The Bertz CT molecular complexity index is 652. The molecule has 0 aliphatic rings. The van der Waals surface area contributed by atoms with Gasteiger partial charge in [0.25, 0.3) is 5.91 Å². The number of rotatable bonds is 10. The fourth-order valence-corrected chi connectivity index (χ4v) is 2.43. The predicted molar refractivity (Wildman–Crippen MR) is 95.0 cm³/mol. The molecular formula is C19H27N2O4+. The SMILES string of the molecule is CCOc1ccc(OCCNC(=O)C[NH+](C)Cc2ccc(C)o2)cc1. The smallest absolute Gasteiger partial charge is 0.275 e. The van der Waals surface area contributed by atoms with Crippen LogP contribution in [0.3, 0.4) is 0 Å². The molecule has 0 saturated heterocycles. The Morgan fingerprint density at radius 3 is 2.40 bits per heavy atom. The second kappa shape index (κ2) is 9.74. The highest BCUT2D eigenvalue weighted by molar-refractivity contribution is 5.76. The van der Waals surface area contributed by atoms with Crippen LogP contribution in [0.1, 0.15) is 18.4 Å². The van der Waals surface area contributed by atoms with Crippen molar-refractivity contribution in [1.29, 1.82) is 0 Å². The zero-order valence-corrected chi connectivity index (χ0v) is 15.1. The number of likely N-dealkylation sites (N-methyl/N-ethyl adjacent to an activating group) is 1. The monoisotopic (exact) mass is 347 g/mol. The van der Waals surface area contributed by atoms with Gasteiger partial charge in [-0.15, -0.1) is 0 Å². The molecule has 0 fully saturated rings. The zero-order chi connectivity index (χ0) is 18.1. The molecule has 6 nitrogen and oxygen atoms in total. The van der Waals surface area contributed by atoms with Gasteiger partial charge in [0.15, 0.2) is 12.3 Å². The molecule has 2 aromatic rings. The second-order valence-electron chi connectivity index (χ2n) is 5.93. The number of ether oxygens (including phenoxy) is 2. The van der Waals surface area contributed by atoms with Crippen LogP contribution in [0.2, 0.25) is 0 Å². The number of benzene rings is 1. The van der Waals surface area contributed by atoms with E-state index in [1.807, 2.05) is 57.3 Å². The number of nitrogens with one attached hydrogen (secondary N) is 2. The summed E-state index contributed by atoms with van der Waals surface area (Å²) in [6.45, 7) is 6.47. The molecule has 1 heterocycles. The van der Waals surface area contributed by atoms with Gasteiger partial charge in [-0.2, -0.15) is 0 Å². The van der Waals surface area contributed by atoms with E-state index in [1.54, 1.807) is 0 Å². The molecule has 0 aliphatic heterocycles. The summed E-state index contributed by atoms with van der Waals surface area (Å²) in [5.41, 5.74) is 0. The molecule has 2 N–H and O–H groups in total. The Morgan fingerprint density at radius 1 is 1.12 bits per heavy atom. The zero-order valence-electron chi connectivity index (χ0n) is 15.1. The summed E-state index contributed by atoms with van der Waals surface area (Å²) in [6.07, 6.45) is 0. The lowest BCUT2D eigenvalue weighted by Gasteiger charge is -2.13. The van der Waals surface area contributed by atoms with E-state index >= 15 is 0 Å². The number of hydrogen-bond donors (Lipinski definition) is 2. The summed E-state index contributed by atoms with van der Waals surface area (Å²) < 4.78 is 16.5. The third-order valence-electron chi connectivity index (χ3n) is 3.56. The molecule has 136 valence electrons. The fraction of sp³-hybridized carbons (Fsp3) is 0.421. The van der Waals surface area contributed by atoms with Crippen LogP contribution in [0, 0.1) is 6.92 Å². The maximum Gasteiger partial charge on any atom is 0.275 e. The molecule has 1 unspecified atom stereocenters. The molecule has 1 aromatic heterocycles. The summed E-state index contributed by atoms with van der Waals surface area (Å²) >= 11 is 0. The fourth-order valence-electron chi connectivity index (χ4n) is 2.43. The number of hydrogen-bond acceptors (Lipinski definition) is 4. The van der Waals surface area contributed by atoms with E-state index in [0.717, 1.165) is 27.9 Å². The van der Waals surface area contributed by atoms with Crippen LogP contribution in [0.4, 0.5) is 0 Å². The largest absolute Gasteiger partial charge is 0.494 e. The normalized spacial score (nSPS) is 11.8. The lowest BCUT2D eigenvalue weighted by molar-refractivity contribution is -0.886. The minimum Gasteiger partial charge on any atom is -0.494 e. The molecule has 25 heavy (non-hydrogen) atoms. The Morgan fingerprint density at radius 2 is 1.80 bits per heavy atom. The minimum absolute atomic E-state index is 0.00364. The summed E-state index contributed by atoms with van der Waals surface area (Å²) in [7, 11) is 1.97. The van der Waals surface area contributed by atoms with Gasteiger partial charge < -0.3 is 24.1 Å². The highest BCUT2D eigenvalue weighted by Gasteiger charge is 2.12. The van der Waals surface area contributed by atoms with Crippen molar-refractivity contribution in [3.05, 3.63) is 47.9 Å². The first-order valence-electron chi connectivity index (χ1n) is 8.55. The van der Waals surface area contributed by atoms with Crippen molar-refractivity contribution < 1.29 is 23.6 Å². The molecule has 0 radical (unpaired) electrons. The number of amides is 1. The van der Waals surface area contributed by atoms with E-state index in [0.29, 0.717) is 32.8 Å². The van der Waals surface area contributed by atoms with Gasteiger partial charge in [-0.25, -0.2) is 0 Å². The van der Waals surface area contributed by atoms with Crippen molar-refractivity contribution in [1.82, 2.24) is 5.32 Å². The number of carbonyl (C=O) groups excluding carboxylic acids is 1. The highest BCUT2D eigenvalue weighted by Crippen LogP contribution is 2.17. The Hall–Kier alpha value is -2.47. The van der Waals surface area contributed by atoms with Crippen LogP contribution in [0.5, 0.6) is 11.5 Å². The van der Waals surface area contributed by atoms with E-state index in [9.17, 15) is 4.79 Å². The van der Waals surface area contributed by atoms with E-state index < -0.39 is 0 Å². The first-order chi connectivity index (χ1) is 12.1. The number of carbonyl (C=O) groups is 1. The molecule has 1 atom stereocenters. The van der Waals surface area contributed by atoms with Gasteiger partial charge in [-0.3, -0.25) is 4.79 Å². The first kappa shape index (κ1) is 18.9. The number of aryl methyl sites for hydroxylation is 1. The standard InChI is InChI=1S/C19H26N2O4/c1-4-23-16-7-9-17(10-8-16)24-12-11-20-19(22)14-21(3)13-18-6-5-15(2)25-18/h5-10H,4,11-14H2,1-3H3,(H,20,22)/p+1. The summed E-state index contributed by atoms with van der Waals surface area (Å²) in [5.74, 6) is 3.35. The quantitative estimate of drug-likeness (QED) is 0.634. The summed E-state index contributed by atoms with van der Waals surface area (Å²) in [5, 5.41) is 2.87. The molecule has 2 rings (SSSR count). The highest BCUT2D eigenvalue weighted by atomic mass is 16.5. The molecule has 0 saturated carbocycles. The molecule has 6 heteroatoms. The summed E-state index contributed by atoms with van der Waals surface area (Å²) in [4.78, 5) is 13.0. The van der Waals surface area contributed by atoms with Gasteiger partial charge in [0.05, 0.1) is 20.2 Å². The van der Waals surface area contributed by atoms with E-state index in [-0.39, 0.29) is 5.91 Å². The molecule has 0 spiro atoms. The van der Waals surface area contributed by atoms with Gasteiger partial charge >= 0.3 is 0 Å². The van der Waals surface area contributed by atoms with Crippen LogP contribution in [0.15, 0.2) is 40.8 Å². The average Bonchev–Trinajstić information content (AvgIpc) is 2.98. The minimum atomic E-state index is -0.00364. The van der Waals surface area contributed by atoms with Gasteiger partial charge in [0, 0.05) is 0 Å². The molecule has 0 bridgehead atoms. The molecule has 1 amide bonds. The van der Waals surface area contributed by atoms with Crippen molar-refractivity contribution in [2.24, 2.45) is 0 Å². The lowest BCUT2D eigenvalue weighted by Crippen LogP contribution is -3.08. The second-order valence-corrected chi connectivity index (χ2v) is 5.93. The van der Waals surface area contributed by atoms with Crippen molar-refractivity contribution in [3.63, 3.8) is 0 Å². The van der Waals surface area contributed by atoms with Gasteiger partial charge in [0.2, 0.25) is 0 Å². The van der Waals surface area contributed by atoms with Gasteiger partial charge in [-0.1, -0.05) is 0 Å². The summed E-state index contributed by atoms with van der Waals surface area (Å²) in [6, 6.07) is 11.3. The Balaban J connectivity index is 1.61. The maximum absolute atomic E-state index is 11.9. The number of quaternary nitrogens is 1. The van der Waals surface area contributed by atoms with Crippen molar-refractivity contribution >= 4 is 5.91 Å². The Labute approximate surface area is 148 Å². The Kier molecular flexibility index (Phi) is 7.35. The topological polar surface area (TPSA) is 65.1 Å². The van der Waals surface area contributed by atoms with Crippen LogP contribution in [-0.4, -0.2) is 39.3 Å². The lowest BCUT2D eigenvalue weighted by atomic mass is 10.3. The molecule has 1 aromatic carbocycles. The van der Waals surface area contributed by atoms with Crippen molar-refractivity contribution in [3.8, 4) is 11.5 Å². The van der Waals surface area contributed by atoms with Crippen LogP contribution >= 0.6 is 0 Å². The van der Waals surface area contributed by atoms with Crippen LogP contribution < -0.4 is 19.7 Å². The van der Waals surface area contributed by atoms with Gasteiger partial charge in [0.1, 0.15) is 30.4 Å². The van der Waals surface area contributed by atoms with E-state index in [4.69, 9.17) is 13.9 Å². The number of furan rings is 1. The van der Waals surface area contributed by atoms with Crippen LogP contribution in [0.25, 0.3) is 0 Å². The van der Waals surface area contributed by atoms with E-state index in [1.165, 1.54) is 0 Å². The van der Waals surface area contributed by atoms with Crippen LogP contribution in [-0.2, 0) is 11.3 Å². The predicted octanol–water partition coefficient (Wildman–Crippen LogP) is 1.20. The first-order valence-corrected chi connectivity index (χ1v) is 8.55. The molecule has 0 aliphatic carbocycles. The third-order valence-corrected chi connectivity index (χ3v) is 3.56. The molecular weight excluding hydrogens is 320 g/mol. The average molecular weight is 347 g/mol. The van der Waals surface area contributed by atoms with Crippen molar-refractivity contribution in [2.75, 3.05) is 33.4 Å². The van der Waals surface area contributed by atoms with E-state index in [2.05, 4.69) is 5.32 Å². The third kappa shape index (κ3) is 6.89. The van der Waals surface area contributed by atoms with Gasteiger partial charge in [-0.05, 0) is 50.2 Å².